The SMILES string of the molecule is [B]c1ccc(Nc2c(F)c(F)cc3c2NS(=O)(=O)C2(CC2)CC(O)C(O)CO3)c(F)c1. The molecule has 1 heterocycles. The van der Waals surface area contributed by atoms with Crippen LogP contribution in [0.3, 0.4) is 0 Å². The maximum Gasteiger partial charge on any atom is 0.238 e. The molecule has 1 aliphatic heterocycles. The summed E-state index contributed by atoms with van der Waals surface area (Å²) in [6.45, 7) is -0.507. The Morgan fingerprint density at radius 2 is 1.84 bits per heavy atom. The third kappa shape index (κ3) is 3.95. The highest BCUT2D eigenvalue weighted by molar-refractivity contribution is 7.94. The third-order valence-corrected chi connectivity index (χ3v) is 7.67. The number of halogens is 3. The maximum atomic E-state index is 14.7. The van der Waals surface area contributed by atoms with E-state index >= 15 is 0 Å². The molecule has 1 saturated carbocycles. The lowest BCUT2D eigenvalue weighted by Crippen LogP contribution is -2.41. The summed E-state index contributed by atoms with van der Waals surface area (Å²) >= 11 is 0. The molecule has 2 unspecified atom stereocenters. The van der Waals surface area contributed by atoms with E-state index in [-0.39, 0.29) is 30.4 Å². The van der Waals surface area contributed by atoms with Gasteiger partial charge in [-0.1, -0.05) is 11.5 Å². The second kappa shape index (κ2) is 7.61. The molecule has 0 aromatic heterocycles. The van der Waals surface area contributed by atoms with Crippen LogP contribution in [0.2, 0.25) is 0 Å². The summed E-state index contributed by atoms with van der Waals surface area (Å²) in [5.74, 6) is -4.18. The van der Waals surface area contributed by atoms with Crippen LogP contribution in [-0.4, -0.2) is 50.0 Å². The number of nitrogens with one attached hydrogen (secondary N) is 2. The van der Waals surface area contributed by atoms with Crippen LogP contribution in [0, 0.1) is 17.5 Å². The van der Waals surface area contributed by atoms with E-state index in [1.807, 2.05) is 0 Å². The van der Waals surface area contributed by atoms with Crippen molar-refractivity contribution in [3.8, 4) is 5.75 Å². The van der Waals surface area contributed by atoms with E-state index in [0.29, 0.717) is 6.07 Å². The Balaban J connectivity index is 1.86. The van der Waals surface area contributed by atoms with Crippen molar-refractivity contribution < 1.29 is 36.5 Å². The van der Waals surface area contributed by atoms with Crippen molar-refractivity contribution in [1.82, 2.24) is 0 Å². The van der Waals surface area contributed by atoms with E-state index in [9.17, 15) is 31.8 Å². The number of hydrogen-bond donors (Lipinski definition) is 4. The highest BCUT2D eigenvalue weighted by atomic mass is 32.2. The van der Waals surface area contributed by atoms with Crippen LogP contribution < -0.4 is 20.2 Å². The summed E-state index contributed by atoms with van der Waals surface area (Å²) in [4.78, 5) is 0. The van der Waals surface area contributed by atoms with E-state index in [4.69, 9.17) is 12.6 Å². The molecule has 2 aromatic rings. The largest absolute Gasteiger partial charge is 0.488 e. The van der Waals surface area contributed by atoms with Crippen LogP contribution in [0.25, 0.3) is 0 Å². The fraction of sp³-hybridized carbons (Fsp3) is 0.368. The van der Waals surface area contributed by atoms with Crippen molar-refractivity contribution in [3.63, 3.8) is 0 Å². The summed E-state index contributed by atoms with van der Waals surface area (Å²) in [5, 5.41) is 22.6. The van der Waals surface area contributed by atoms with Gasteiger partial charge in [0, 0.05) is 6.07 Å². The number of ether oxygens (including phenoxy) is 1. The van der Waals surface area contributed by atoms with Crippen LogP contribution in [0.5, 0.6) is 5.75 Å². The van der Waals surface area contributed by atoms with Gasteiger partial charge in [0.15, 0.2) is 11.6 Å². The molecule has 4 rings (SSSR count). The summed E-state index contributed by atoms with van der Waals surface area (Å²) in [7, 11) is 1.27. The van der Waals surface area contributed by atoms with E-state index in [2.05, 4.69) is 10.0 Å². The topological polar surface area (TPSA) is 108 Å². The van der Waals surface area contributed by atoms with Crippen LogP contribution in [-0.2, 0) is 10.0 Å². The first-order valence-corrected chi connectivity index (χ1v) is 10.9. The number of fused-ring (bicyclic) bond motifs is 1. The minimum atomic E-state index is -4.22. The zero-order valence-electron chi connectivity index (χ0n) is 16.0. The molecule has 2 aromatic carbocycles. The normalized spacial score (nSPS) is 23.9. The molecule has 12 heteroatoms. The monoisotopic (exact) mass is 454 g/mol. The first kappa shape index (κ1) is 21.8. The number of aliphatic hydroxyl groups excluding tert-OH is 2. The molecule has 31 heavy (non-hydrogen) atoms. The lowest BCUT2D eigenvalue weighted by molar-refractivity contribution is -0.0129. The summed E-state index contributed by atoms with van der Waals surface area (Å²) < 4.78 is 75.5. The number of rotatable bonds is 2. The Bertz CT molecular complexity index is 1140. The average molecular weight is 454 g/mol. The molecule has 0 saturated heterocycles. The van der Waals surface area contributed by atoms with Crippen molar-refractivity contribution in [3.05, 3.63) is 41.7 Å². The maximum absolute atomic E-state index is 14.7. The summed E-state index contributed by atoms with van der Waals surface area (Å²) in [6.07, 6.45) is -2.70. The van der Waals surface area contributed by atoms with Crippen LogP contribution >= 0.6 is 0 Å². The quantitative estimate of drug-likeness (QED) is 0.512. The summed E-state index contributed by atoms with van der Waals surface area (Å²) in [6, 6.07) is 4.06. The van der Waals surface area contributed by atoms with E-state index in [0.717, 1.165) is 6.07 Å². The molecule has 1 aliphatic carbocycles. The number of benzene rings is 2. The van der Waals surface area contributed by atoms with Gasteiger partial charge in [-0.2, -0.15) is 0 Å². The second-order valence-electron chi connectivity index (χ2n) is 7.72. The minimum absolute atomic E-state index is 0.0954. The first-order chi connectivity index (χ1) is 14.5. The molecule has 0 amide bonds. The predicted octanol–water partition coefficient (Wildman–Crippen LogP) is 1.42. The van der Waals surface area contributed by atoms with Crippen LogP contribution in [0.4, 0.5) is 30.2 Å². The average Bonchev–Trinajstić information content (AvgIpc) is 3.48. The van der Waals surface area contributed by atoms with Gasteiger partial charge in [-0.15, -0.1) is 0 Å². The van der Waals surface area contributed by atoms with Gasteiger partial charge in [-0.3, -0.25) is 4.72 Å². The molecular weight excluding hydrogens is 436 g/mol. The van der Waals surface area contributed by atoms with Gasteiger partial charge < -0.3 is 20.3 Å². The minimum Gasteiger partial charge on any atom is -0.488 e. The number of sulfonamides is 1. The molecule has 2 atom stereocenters. The lowest BCUT2D eigenvalue weighted by Gasteiger charge is -2.28. The van der Waals surface area contributed by atoms with E-state index < -0.39 is 68.2 Å². The molecule has 1 fully saturated rings. The highest BCUT2D eigenvalue weighted by Gasteiger charge is 2.56. The Labute approximate surface area is 177 Å². The fourth-order valence-corrected chi connectivity index (χ4v) is 5.19. The molecule has 2 aliphatic rings. The molecule has 1 spiro atoms. The Kier molecular flexibility index (Phi) is 5.35. The standard InChI is InChI=1S/C19H18BF3N2O5S/c20-9-1-2-12(10(21)5-9)24-18-16(23)11(22)6-15-17(18)25-31(28,29)19(3-4-19)7-13(26)14(27)8-30-15/h1-2,5-6,13-14,24-27H,3-4,7-8H2. The van der Waals surface area contributed by atoms with Gasteiger partial charge in [-0.05, 0) is 31.4 Å². The predicted molar refractivity (Wildman–Crippen MR) is 108 cm³/mol. The van der Waals surface area contributed by atoms with Gasteiger partial charge in [0.05, 0.1) is 16.5 Å². The van der Waals surface area contributed by atoms with Crippen molar-refractivity contribution in [2.24, 2.45) is 0 Å². The van der Waals surface area contributed by atoms with E-state index in [1.165, 1.54) is 12.1 Å². The summed E-state index contributed by atoms with van der Waals surface area (Å²) in [5.41, 5.74) is -1.37. The van der Waals surface area contributed by atoms with Gasteiger partial charge in [0.25, 0.3) is 0 Å². The van der Waals surface area contributed by atoms with Crippen molar-refractivity contribution >= 4 is 40.4 Å². The Morgan fingerprint density at radius 3 is 2.48 bits per heavy atom. The van der Waals surface area contributed by atoms with Crippen molar-refractivity contribution in [1.29, 1.82) is 0 Å². The molecule has 0 bridgehead atoms. The number of aliphatic hydroxyl groups is 2. The van der Waals surface area contributed by atoms with Crippen LogP contribution in [0.1, 0.15) is 19.3 Å². The zero-order chi connectivity index (χ0) is 22.6. The smallest absolute Gasteiger partial charge is 0.238 e. The molecule has 4 N–H and O–H groups in total. The van der Waals surface area contributed by atoms with E-state index in [1.54, 1.807) is 0 Å². The van der Waals surface area contributed by atoms with Crippen molar-refractivity contribution in [2.45, 2.75) is 36.2 Å². The second-order valence-corrected chi connectivity index (χ2v) is 9.80. The molecule has 7 nitrogen and oxygen atoms in total. The number of anilines is 3. The lowest BCUT2D eigenvalue weighted by atomic mass is 9.96. The third-order valence-electron chi connectivity index (χ3n) is 5.49. The van der Waals surface area contributed by atoms with Crippen LogP contribution in [0.15, 0.2) is 24.3 Å². The van der Waals surface area contributed by atoms with Gasteiger partial charge >= 0.3 is 0 Å². The first-order valence-electron chi connectivity index (χ1n) is 9.38. The van der Waals surface area contributed by atoms with Crippen molar-refractivity contribution in [2.75, 3.05) is 16.6 Å². The zero-order valence-corrected chi connectivity index (χ0v) is 16.8. The molecule has 164 valence electrons. The molecule has 2 radical (unpaired) electrons. The Hall–Kier alpha value is -2.44. The van der Waals surface area contributed by atoms with Gasteiger partial charge in [-0.25, -0.2) is 21.6 Å². The highest BCUT2D eigenvalue weighted by Crippen LogP contribution is 2.50. The Morgan fingerprint density at radius 1 is 1.13 bits per heavy atom. The van der Waals surface area contributed by atoms with Gasteiger partial charge in [0.2, 0.25) is 10.0 Å². The number of hydrogen-bond acceptors (Lipinski definition) is 6. The fourth-order valence-electron chi connectivity index (χ4n) is 3.47. The van der Waals surface area contributed by atoms with Gasteiger partial charge in [0.1, 0.15) is 43.5 Å². The molecular formula is C19H18BF3N2O5S.